The first-order valence-electron chi connectivity index (χ1n) is 5.89. The van der Waals surface area contributed by atoms with Gasteiger partial charge in [-0.2, -0.15) is 5.10 Å². The molecule has 1 aromatic carbocycles. The lowest BCUT2D eigenvalue weighted by Crippen LogP contribution is -2.39. The quantitative estimate of drug-likeness (QED) is 0.805. The van der Waals surface area contributed by atoms with Crippen molar-refractivity contribution < 1.29 is 9.47 Å². The van der Waals surface area contributed by atoms with Gasteiger partial charge in [-0.25, -0.2) is 0 Å². The van der Waals surface area contributed by atoms with E-state index in [1.807, 2.05) is 29.9 Å². The molecule has 98 valence electrons. The maximum absolute atomic E-state index is 6.07. The number of benzene rings is 1. The van der Waals surface area contributed by atoms with Gasteiger partial charge in [-0.1, -0.05) is 18.2 Å². The van der Waals surface area contributed by atoms with E-state index in [2.05, 4.69) is 11.2 Å². The number of rotatable bonds is 5. The smallest absolute Gasteiger partial charge is 0.172 e. The van der Waals surface area contributed by atoms with Gasteiger partial charge in [-0.15, -0.1) is 0 Å². The zero-order valence-corrected chi connectivity index (χ0v) is 11.0. The highest BCUT2D eigenvalue weighted by molar-refractivity contribution is 5.81. The molecule has 1 atom stereocenters. The molecular weight excluding hydrogens is 230 g/mol. The molecule has 0 aliphatic rings. The van der Waals surface area contributed by atoms with Crippen molar-refractivity contribution >= 4 is 10.9 Å². The number of aromatic nitrogens is 2. The summed E-state index contributed by atoms with van der Waals surface area (Å²) in [5.41, 5.74) is 8.15. The maximum Gasteiger partial charge on any atom is 0.172 e. The highest BCUT2D eigenvalue weighted by Crippen LogP contribution is 2.19. The summed E-state index contributed by atoms with van der Waals surface area (Å²) >= 11 is 0. The van der Waals surface area contributed by atoms with E-state index in [-0.39, 0.29) is 6.04 Å². The molecule has 0 aliphatic heterocycles. The van der Waals surface area contributed by atoms with Crippen molar-refractivity contribution in [1.29, 1.82) is 0 Å². The highest BCUT2D eigenvalue weighted by Gasteiger charge is 2.19. The lowest BCUT2D eigenvalue weighted by Gasteiger charge is -2.20. The Labute approximate surface area is 106 Å². The molecule has 2 N–H and O–H groups in total. The lowest BCUT2D eigenvalue weighted by molar-refractivity contribution is -0.116. The average Bonchev–Trinajstić information content (AvgIpc) is 2.69. The summed E-state index contributed by atoms with van der Waals surface area (Å²) in [6.07, 6.45) is 0.207. The third kappa shape index (κ3) is 2.38. The van der Waals surface area contributed by atoms with Gasteiger partial charge in [0.2, 0.25) is 0 Å². The Hall–Kier alpha value is -1.43. The minimum atomic E-state index is -0.411. The molecular formula is C13H19N3O2. The molecule has 0 bridgehead atoms. The van der Waals surface area contributed by atoms with Crippen molar-refractivity contribution in [3.05, 3.63) is 30.0 Å². The molecule has 18 heavy (non-hydrogen) atoms. The van der Waals surface area contributed by atoms with Gasteiger partial charge in [0.05, 0.1) is 17.3 Å². The first-order valence-corrected chi connectivity index (χ1v) is 5.89. The van der Waals surface area contributed by atoms with Crippen LogP contribution in [0.1, 0.15) is 5.69 Å². The van der Waals surface area contributed by atoms with E-state index in [9.17, 15) is 0 Å². The number of hydrogen-bond donors (Lipinski definition) is 1. The molecule has 0 aliphatic carbocycles. The van der Waals surface area contributed by atoms with E-state index in [0.717, 1.165) is 16.6 Å². The van der Waals surface area contributed by atoms with Crippen LogP contribution in [0.2, 0.25) is 0 Å². The molecule has 2 rings (SSSR count). The van der Waals surface area contributed by atoms with E-state index in [4.69, 9.17) is 15.2 Å². The zero-order chi connectivity index (χ0) is 13.1. The summed E-state index contributed by atoms with van der Waals surface area (Å²) in [4.78, 5) is 0. The minimum Gasteiger partial charge on any atom is -0.354 e. The number of methoxy groups -OCH3 is 2. The predicted octanol–water partition coefficient (Wildman–Crippen LogP) is 1.06. The first kappa shape index (κ1) is 13.0. The van der Waals surface area contributed by atoms with Gasteiger partial charge < -0.3 is 15.2 Å². The monoisotopic (exact) mass is 249 g/mol. The Kier molecular flexibility index (Phi) is 3.96. The number of ether oxygens (including phenoxy) is 2. The molecule has 1 aromatic heterocycles. The number of hydrogen-bond acceptors (Lipinski definition) is 4. The summed E-state index contributed by atoms with van der Waals surface area (Å²) in [5, 5.41) is 5.63. The van der Waals surface area contributed by atoms with Crippen molar-refractivity contribution in [3.8, 4) is 0 Å². The van der Waals surface area contributed by atoms with Crippen LogP contribution in [-0.4, -0.2) is 36.3 Å². The molecule has 0 saturated carbocycles. The van der Waals surface area contributed by atoms with Gasteiger partial charge in [-0.3, -0.25) is 4.68 Å². The second kappa shape index (κ2) is 5.48. The molecule has 0 spiro atoms. The van der Waals surface area contributed by atoms with Crippen LogP contribution < -0.4 is 5.73 Å². The van der Waals surface area contributed by atoms with E-state index < -0.39 is 6.29 Å². The summed E-state index contributed by atoms with van der Waals surface area (Å²) in [6, 6.07) is 7.86. The normalized spacial score (nSPS) is 13.4. The lowest BCUT2D eigenvalue weighted by atomic mass is 10.1. The summed E-state index contributed by atoms with van der Waals surface area (Å²) < 4.78 is 12.2. The Bertz CT molecular complexity index is 520. The van der Waals surface area contributed by atoms with Crippen LogP contribution in [0.5, 0.6) is 0 Å². The zero-order valence-electron chi connectivity index (χ0n) is 11.0. The molecule has 1 unspecified atom stereocenters. The first-order chi connectivity index (χ1) is 8.67. The van der Waals surface area contributed by atoms with Crippen LogP contribution >= 0.6 is 0 Å². The Balaban J connectivity index is 2.27. The summed E-state index contributed by atoms with van der Waals surface area (Å²) in [5.74, 6) is 0. The van der Waals surface area contributed by atoms with Gasteiger partial charge in [-0.05, 0) is 6.07 Å². The predicted molar refractivity (Wildman–Crippen MR) is 70.2 cm³/mol. The summed E-state index contributed by atoms with van der Waals surface area (Å²) in [7, 11) is 5.11. The van der Waals surface area contributed by atoms with Gasteiger partial charge in [0.25, 0.3) is 0 Å². The average molecular weight is 249 g/mol. The van der Waals surface area contributed by atoms with Crippen LogP contribution in [-0.2, 0) is 22.9 Å². The molecule has 0 radical (unpaired) electrons. The number of nitrogens with two attached hydrogens (primary N) is 1. The van der Waals surface area contributed by atoms with Gasteiger partial charge >= 0.3 is 0 Å². The second-order valence-corrected chi connectivity index (χ2v) is 4.30. The third-order valence-electron chi connectivity index (χ3n) is 3.08. The van der Waals surface area contributed by atoms with Crippen LogP contribution in [0.4, 0.5) is 0 Å². The molecule has 2 aromatic rings. The Morgan fingerprint density at radius 1 is 1.28 bits per heavy atom. The molecule has 5 heteroatoms. The van der Waals surface area contributed by atoms with Crippen LogP contribution in [0.3, 0.4) is 0 Å². The van der Waals surface area contributed by atoms with Gasteiger partial charge in [0.1, 0.15) is 0 Å². The fourth-order valence-corrected chi connectivity index (χ4v) is 2.20. The van der Waals surface area contributed by atoms with Crippen LogP contribution in [0, 0.1) is 0 Å². The fraction of sp³-hybridized carbons (Fsp3) is 0.462. The van der Waals surface area contributed by atoms with Crippen molar-refractivity contribution in [2.45, 2.75) is 18.8 Å². The highest BCUT2D eigenvalue weighted by atomic mass is 16.7. The molecule has 0 fully saturated rings. The number of nitrogens with zero attached hydrogens (tertiary/aromatic N) is 2. The fourth-order valence-electron chi connectivity index (χ4n) is 2.20. The minimum absolute atomic E-state index is 0.238. The van der Waals surface area contributed by atoms with Gasteiger partial charge in [0.15, 0.2) is 6.29 Å². The second-order valence-electron chi connectivity index (χ2n) is 4.30. The molecule has 0 saturated heterocycles. The van der Waals surface area contributed by atoms with E-state index in [1.165, 1.54) is 0 Å². The number of fused-ring (bicyclic) bond motifs is 1. The Morgan fingerprint density at radius 3 is 2.61 bits per heavy atom. The standard InChI is InChI=1S/C13H19N3O2/c1-16-12-7-5-4-6-9(12)11(15-16)8-10(14)13(17-2)18-3/h4-7,10,13H,8,14H2,1-3H3. The van der Waals surface area contributed by atoms with E-state index in [1.54, 1.807) is 14.2 Å². The summed E-state index contributed by atoms with van der Waals surface area (Å²) in [6.45, 7) is 0. The van der Waals surface area contributed by atoms with E-state index in [0.29, 0.717) is 6.42 Å². The van der Waals surface area contributed by atoms with Crippen molar-refractivity contribution in [2.75, 3.05) is 14.2 Å². The Morgan fingerprint density at radius 2 is 1.94 bits per heavy atom. The van der Waals surface area contributed by atoms with Crippen LogP contribution in [0.15, 0.2) is 24.3 Å². The maximum atomic E-state index is 6.07. The topological polar surface area (TPSA) is 62.3 Å². The largest absolute Gasteiger partial charge is 0.354 e. The van der Waals surface area contributed by atoms with Crippen LogP contribution in [0.25, 0.3) is 10.9 Å². The van der Waals surface area contributed by atoms with Crippen molar-refractivity contribution in [2.24, 2.45) is 12.8 Å². The number of para-hydroxylation sites is 1. The van der Waals surface area contributed by atoms with E-state index >= 15 is 0 Å². The van der Waals surface area contributed by atoms with Crippen molar-refractivity contribution in [3.63, 3.8) is 0 Å². The molecule has 1 heterocycles. The SMILES string of the molecule is COC(OC)C(N)Cc1nn(C)c2ccccc12. The van der Waals surface area contributed by atoms with Gasteiger partial charge in [0, 0.05) is 33.1 Å². The van der Waals surface area contributed by atoms with Crippen molar-refractivity contribution in [1.82, 2.24) is 9.78 Å². The number of aryl methyl sites for hydroxylation is 1. The molecule has 5 nitrogen and oxygen atoms in total. The third-order valence-corrected chi connectivity index (χ3v) is 3.08. The molecule has 0 amide bonds.